The molecule has 0 saturated carbocycles. The molecule has 1 fully saturated rings. The largest absolute Gasteiger partial charge is 0.436 e. The second kappa shape index (κ2) is 5.23. The van der Waals surface area contributed by atoms with Gasteiger partial charge in [-0.2, -0.15) is 0 Å². The maximum Gasteiger partial charge on any atom is 0.356 e. The van der Waals surface area contributed by atoms with Crippen molar-refractivity contribution in [3.8, 4) is 0 Å². The van der Waals surface area contributed by atoms with Gasteiger partial charge in [0.05, 0.1) is 0 Å². The molecule has 23 heavy (non-hydrogen) atoms. The molecule has 0 aliphatic carbocycles. The monoisotopic (exact) mass is 309 g/mol. The lowest BCUT2D eigenvalue weighted by Crippen LogP contribution is -2.43. The van der Waals surface area contributed by atoms with Gasteiger partial charge in [-0.3, -0.25) is 9.69 Å². The number of benzene rings is 2. The lowest BCUT2D eigenvalue weighted by Gasteiger charge is -2.32. The van der Waals surface area contributed by atoms with Crippen molar-refractivity contribution < 1.29 is 14.3 Å². The van der Waals surface area contributed by atoms with Crippen LogP contribution in [0.5, 0.6) is 0 Å². The molecule has 118 valence electrons. The van der Waals surface area contributed by atoms with Crippen LogP contribution in [0.25, 0.3) is 10.8 Å². The minimum Gasteiger partial charge on any atom is -0.436 e. The number of cyclic esters (lactones) is 1. The summed E-state index contributed by atoms with van der Waals surface area (Å²) >= 11 is 0. The van der Waals surface area contributed by atoms with Crippen LogP contribution in [0.1, 0.15) is 31.1 Å². The van der Waals surface area contributed by atoms with E-state index in [1.807, 2.05) is 57.2 Å². The van der Waals surface area contributed by atoms with Crippen molar-refractivity contribution in [1.29, 1.82) is 0 Å². The average Bonchev–Trinajstić information content (AvgIpc) is 2.82. The molecule has 1 saturated heterocycles. The van der Waals surface area contributed by atoms with E-state index >= 15 is 0 Å². The van der Waals surface area contributed by atoms with Crippen molar-refractivity contribution in [2.45, 2.75) is 27.0 Å². The van der Waals surface area contributed by atoms with Crippen LogP contribution in [0.15, 0.2) is 54.7 Å². The minimum absolute atomic E-state index is 0.0860. The highest BCUT2D eigenvalue weighted by Crippen LogP contribution is 2.35. The Balaban J connectivity index is 2.10. The van der Waals surface area contributed by atoms with E-state index in [0.717, 1.165) is 10.8 Å². The number of esters is 1. The van der Waals surface area contributed by atoms with Gasteiger partial charge in [0.1, 0.15) is 5.70 Å². The van der Waals surface area contributed by atoms with Crippen LogP contribution < -0.4 is 0 Å². The number of amides is 1. The molecular formula is C19H19NO3. The van der Waals surface area contributed by atoms with Gasteiger partial charge in [0.25, 0.3) is 5.91 Å². The Kier molecular flexibility index (Phi) is 3.48. The van der Waals surface area contributed by atoms with Crippen molar-refractivity contribution in [2.24, 2.45) is 5.41 Å². The second-order valence-electron chi connectivity index (χ2n) is 6.77. The van der Waals surface area contributed by atoms with Crippen molar-refractivity contribution in [2.75, 3.05) is 0 Å². The smallest absolute Gasteiger partial charge is 0.356 e. The molecule has 3 rings (SSSR count). The second-order valence-corrected chi connectivity index (χ2v) is 6.77. The molecular weight excluding hydrogens is 290 g/mol. The van der Waals surface area contributed by atoms with Crippen molar-refractivity contribution in [1.82, 2.24) is 4.90 Å². The molecule has 0 N–H and O–H groups in total. The number of carbonyl (C=O) groups excluding carboxylic acids is 2. The maximum atomic E-state index is 13.1. The highest BCUT2D eigenvalue weighted by Gasteiger charge is 2.46. The Morgan fingerprint density at radius 1 is 1.13 bits per heavy atom. The molecule has 4 nitrogen and oxygen atoms in total. The van der Waals surface area contributed by atoms with E-state index in [9.17, 15) is 9.59 Å². The van der Waals surface area contributed by atoms with E-state index in [1.54, 1.807) is 6.07 Å². The fourth-order valence-electron chi connectivity index (χ4n) is 2.80. The molecule has 1 atom stereocenters. The Labute approximate surface area is 135 Å². The summed E-state index contributed by atoms with van der Waals surface area (Å²) in [5.41, 5.74) is 0.217. The zero-order valence-corrected chi connectivity index (χ0v) is 13.5. The first kappa shape index (κ1) is 15.3. The molecule has 0 bridgehead atoms. The molecule has 2 aromatic rings. The standard InChI is InChI=1S/C19H19NO3/c1-12-17(22)23-18(19(2,3)4)20(12)16(21)15-11-7-9-13-8-5-6-10-14(13)15/h5-11,18H,1H2,2-4H3. The highest BCUT2D eigenvalue weighted by molar-refractivity contribution is 6.10. The molecule has 2 aromatic carbocycles. The van der Waals surface area contributed by atoms with Crippen LogP contribution in [-0.2, 0) is 9.53 Å². The number of hydrogen-bond acceptors (Lipinski definition) is 3. The SMILES string of the molecule is C=C1C(=O)OC(C(C)(C)C)N1C(=O)c1cccc2ccccc12. The lowest BCUT2D eigenvalue weighted by molar-refractivity contribution is -0.145. The number of nitrogens with zero attached hydrogens (tertiary/aromatic N) is 1. The zero-order chi connectivity index (χ0) is 16.8. The summed E-state index contributed by atoms with van der Waals surface area (Å²) in [6.07, 6.45) is -0.658. The van der Waals surface area contributed by atoms with Gasteiger partial charge in [-0.1, -0.05) is 63.7 Å². The van der Waals surface area contributed by atoms with Gasteiger partial charge in [0.15, 0.2) is 6.23 Å². The van der Waals surface area contributed by atoms with Crippen LogP contribution in [-0.4, -0.2) is 23.0 Å². The normalized spacial score (nSPS) is 18.4. The van der Waals surface area contributed by atoms with Crippen molar-refractivity contribution >= 4 is 22.6 Å². The van der Waals surface area contributed by atoms with Gasteiger partial charge < -0.3 is 4.74 Å². The predicted molar refractivity (Wildman–Crippen MR) is 88.6 cm³/mol. The van der Waals surface area contributed by atoms with Gasteiger partial charge >= 0.3 is 5.97 Å². The quantitative estimate of drug-likeness (QED) is 0.596. The Bertz CT molecular complexity index is 811. The summed E-state index contributed by atoms with van der Waals surface area (Å²) in [4.78, 5) is 26.4. The summed E-state index contributed by atoms with van der Waals surface area (Å²) < 4.78 is 5.37. The molecule has 1 unspecified atom stereocenters. The van der Waals surface area contributed by atoms with Gasteiger partial charge in [-0.15, -0.1) is 0 Å². The van der Waals surface area contributed by atoms with Crippen LogP contribution in [0.4, 0.5) is 0 Å². The van der Waals surface area contributed by atoms with Gasteiger partial charge in [-0.25, -0.2) is 4.79 Å². The van der Waals surface area contributed by atoms with Crippen LogP contribution in [0, 0.1) is 5.41 Å². The van der Waals surface area contributed by atoms with Crippen molar-refractivity contribution in [3.63, 3.8) is 0 Å². The summed E-state index contributed by atoms with van der Waals surface area (Å²) in [7, 11) is 0. The fourth-order valence-corrected chi connectivity index (χ4v) is 2.80. The zero-order valence-electron chi connectivity index (χ0n) is 13.5. The topological polar surface area (TPSA) is 46.6 Å². The van der Waals surface area contributed by atoms with E-state index in [1.165, 1.54) is 4.90 Å². The number of fused-ring (bicyclic) bond motifs is 1. The number of ether oxygens (including phenoxy) is 1. The first-order valence-corrected chi connectivity index (χ1v) is 7.52. The third kappa shape index (κ3) is 2.50. The van der Waals surface area contributed by atoms with E-state index in [-0.39, 0.29) is 11.6 Å². The number of rotatable bonds is 1. The summed E-state index contributed by atoms with van der Waals surface area (Å²) in [6.45, 7) is 9.51. The summed E-state index contributed by atoms with van der Waals surface area (Å²) in [6, 6.07) is 13.2. The van der Waals surface area contributed by atoms with Gasteiger partial charge in [0.2, 0.25) is 0 Å². The van der Waals surface area contributed by atoms with Crippen LogP contribution >= 0.6 is 0 Å². The molecule has 1 amide bonds. The third-order valence-corrected chi connectivity index (χ3v) is 3.96. The molecule has 4 heteroatoms. The molecule has 0 radical (unpaired) electrons. The summed E-state index contributed by atoms with van der Waals surface area (Å²) in [5.74, 6) is -0.809. The lowest BCUT2D eigenvalue weighted by atomic mass is 9.92. The summed E-state index contributed by atoms with van der Waals surface area (Å²) in [5, 5.41) is 1.82. The number of carbonyl (C=O) groups is 2. The van der Waals surface area contributed by atoms with Gasteiger partial charge in [-0.05, 0) is 16.8 Å². The Morgan fingerprint density at radius 2 is 1.78 bits per heavy atom. The van der Waals surface area contributed by atoms with Crippen LogP contribution in [0.2, 0.25) is 0 Å². The maximum absolute atomic E-state index is 13.1. The van der Waals surface area contributed by atoms with Crippen molar-refractivity contribution in [3.05, 3.63) is 60.3 Å². The molecule has 1 heterocycles. The van der Waals surface area contributed by atoms with E-state index in [4.69, 9.17) is 4.74 Å². The fraction of sp³-hybridized carbons (Fsp3) is 0.263. The molecule has 0 aromatic heterocycles. The van der Waals surface area contributed by atoms with Crippen LogP contribution in [0.3, 0.4) is 0 Å². The Hall–Kier alpha value is -2.62. The first-order valence-electron chi connectivity index (χ1n) is 7.52. The predicted octanol–water partition coefficient (Wildman–Crippen LogP) is 3.72. The van der Waals surface area contributed by atoms with E-state index in [2.05, 4.69) is 6.58 Å². The van der Waals surface area contributed by atoms with E-state index < -0.39 is 17.6 Å². The van der Waals surface area contributed by atoms with E-state index in [0.29, 0.717) is 5.56 Å². The first-order chi connectivity index (χ1) is 10.8. The number of hydrogen-bond donors (Lipinski definition) is 0. The third-order valence-electron chi connectivity index (χ3n) is 3.96. The molecule has 1 aliphatic heterocycles. The molecule has 1 aliphatic rings. The highest BCUT2D eigenvalue weighted by atomic mass is 16.6. The molecule has 0 spiro atoms. The average molecular weight is 309 g/mol. The minimum atomic E-state index is -0.658. The Morgan fingerprint density at radius 3 is 2.48 bits per heavy atom. The van der Waals surface area contributed by atoms with Gasteiger partial charge in [0, 0.05) is 11.0 Å².